The highest BCUT2D eigenvalue weighted by atomic mass is 16.1. The third kappa shape index (κ3) is 2.37. The molecule has 0 saturated carbocycles. The fraction of sp³-hybridized carbons (Fsp3) is 0.250. The minimum atomic E-state index is -0.222. The molecule has 0 radical (unpaired) electrons. The fourth-order valence-corrected chi connectivity index (χ4v) is 2.53. The zero-order valence-electron chi connectivity index (χ0n) is 11.5. The molecule has 2 heterocycles. The van der Waals surface area contributed by atoms with Crippen molar-refractivity contribution in [2.24, 2.45) is 0 Å². The lowest BCUT2D eigenvalue weighted by atomic mass is 10.0. The molecule has 0 fully saturated rings. The van der Waals surface area contributed by atoms with Crippen LogP contribution in [0.25, 0.3) is 5.65 Å². The predicted octanol–water partition coefficient (Wildman–Crippen LogP) is 2.44. The van der Waals surface area contributed by atoms with Gasteiger partial charge in [-0.05, 0) is 37.0 Å². The summed E-state index contributed by atoms with van der Waals surface area (Å²) >= 11 is 0. The molecule has 4 heteroatoms. The van der Waals surface area contributed by atoms with Crippen LogP contribution in [0.3, 0.4) is 0 Å². The Kier molecular flexibility index (Phi) is 3.37. The Morgan fingerprint density at radius 1 is 1.15 bits per heavy atom. The van der Waals surface area contributed by atoms with E-state index >= 15 is 0 Å². The highest BCUT2D eigenvalue weighted by Crippen LogP contribution is 2.11. The summed E-state index contributed by atoms with van der Waals surface area (Å²) in [7, 11) is 0. The normalized spacial score (nSPS) is 11.1. The van der Waals surface area contributed by atoms with Crippen molar-refractivity contribution in [2.45, 2.75) is 26.3 Å². The Balaban J connectivity index is 1.73. The summed E-state index contributed by atoms with van der Waals surface area (Å²) in [6, 6.07) is 10.3. The second-order valence-electron chi connectivity index (χ2n) is 4.98. The average Bonchev–Trinajstić information content (AvgIpc) is 2.86. The summed E-state index contributed by atoms with van der Waals surface area (Å²) in [4.78, 5) is 15.3. The van der Waals surface area contributed by atoms with Crippen molar-refractivity contribution in [3.05, 3.63) is 70.5 Å². The third-order valence-electron chi connectivity index (χ3n) is 3.66. The fourth-order valence-electron chi connectivity index (χ4n) is 2.53. The molecule has 0 aliphatic carbocycles. The van der Waals surface area contributed by atoms with Gasteiger partial charge in [0.25, 0.3) is 0 Å². The molecule has 0 amide bonds. The lowest BCUT2D eigenvalue weighted by Gasteiger charge is -2.07. The van der Waals surface area contributed by atoms with E-state index in [4.69, 9.17) is 0 Å². The molecule has 0 atom stereocenters. The lowest BCUT2D eigenvalue weighted by Crippen LogP contribution is -2.15. The van der Waals surface area contributed by atoms with Gasteiger partial charge in [0.15, 0.2) is 0 Å². The highest BCUT2D eigenvalue weighted by molar-refractivity contribution is 5.37. The van der Waals surface area contributed by atoms with Gasteiger partial charge < -0.3 is 4.57 Å². The maximum Gasteiger partial charge on any atom is 0.353 e. The summed E-state index contributed by atoms with van der Waals surface area (Å²) < 4.78 is 3.68. The van der Waals surface area contributed by atoms with Crippen molar-refractivity contribution in [3.8, 4) is 0 Å². The molecule has 0 spiro atoms. The summed E-state index contributed by atoms with van der Waals surface area (Å²) in [5.74, 6) is 0. The highest BCUT2D eigenvalue weighted by Gasteiger charge is 2.03. The van der Waals surface area contributed by atoms with Crippen LogP contribution < -0.4 is 5.69 Å². The second kappa shape index (κ2) is 5.33. The maximum absolute atomic E-state index is 11.6. The summed E-state index contributed by atoms with van der Waals surface area (Å²) in [5, 5.41) is 0. The molecular weight excluding hydrogens is 250 g/mol. The van der Waals surface area contributed by atoms with Gasteiger partial charge in [0.05, 0.1) is 0 Å². The molecule has 3 rings (SSSR count). The largest absolute Gasteiger partial charge is 0.353 e. The van der Waals surface area contributed by atoms with E-state index < -0.39 is 0 Å². The van der Waals surface area contributed by atoms with Gasteiger partial charge in [0, 0.05) is 25.1 Å². The van der Waals surface area contributed by atoms with Crippen LogP contribution in [-0.2, 0) is 13.0 Å². The molecule has 0 unspecified atom stereocenters. The standard InChI is InChI=1S/C16H17N3O/c1-13-5-2-3-6-14(13)7-4-10-18-11-12-19-15(18)8-9-17-16(19)20/h2-3,5-6,8-9,11-12H,4,7,10H2,1H3. The van der Waals surface area contributed by atoms with Crippen molar-refractivity contribution in [1.82, 2.24) is 14.0 Å². The molecule has 0 saturated heterocycles. The Hall–Kier alpha value is -2.36. The van der Waals surface area contributed by atoms with Crippen LogP contribution in [0.2, 0.25) is 0 Å². The lowest BCUT2D eigenvalue weighted by molar-refractivity contribution is 0.656. The number of nitrogens with zero attached hydrogens (tertiary/aromatic N) is 3. The Morgan fingerprint density at radius 3 is 2.85 bits per heavy atom. The van der Waals surface area contributed by atoms with Crippen molar-refractivity contribution >= 4 is 5.65 Å². The number of aryl methyl sites for hydroxylation is 3. The number of imidazole rings is 1. The molecule has 3 aromatic rings. The quantitative estimate of drug-likeness (QED) is 0.728. The van der Waals surface area contributed by atoms with Crippen molar-refractivity contribution in [3.63, 3.8) is 0 Å². The Morgan fingerprint density at radius 2 is 2.00 bits per heavy atom. The smallest absolute Gasteiger partial charge is 0.332 e. The van der Waals surface area contributed by atoms with Gasteiger partial charge in [-0.2, -0.15) is 0 Å². The molecule has 102 valence electrons. The molecule has 1 aromatic carbocycles. The van der Waals surface area contributed by atoms with Crippen molar-refractivity contribution in [1.29, 1.82) is 0 Å². The SMILES string of the molecule is Cc1ccccc1CCCn1ccn2c(=O)nccc12. The molecule has 4 nitrogen and oxygen atoms in total. The van der Waals surface area contributed by atoms with Crippen LogP contribution >= 0.6 is 0 Å². The average molecular weight is 267 g/mol. The first kappa shape index (κ1) is 12.7. The number of benzene rings is 1. The van der Waals surface area contributed by atoms with Gasteiger partial charge in [-0.3, -0.25) is 4.40 Å². The van der Waals surface area contributed by atoms with E-state index in [0.717, 1.165) is 25.0 Å². The van der Waals surface area contributed by atoms with Crippen LogP contribution in [0, 0.1) is 6.92 Å². The minimum absolute atomic E-state index is 0.222. The predicted molar refractivity (Wildman–Crippen MR) is 79.0 cm³/mol. The zero-order chi connectivity index (χ0) is 13.9. The summed E-state index contributed by atoms with van der Waals surface area (Å²) in [6.45, 7) is 3.04. The van der Waals surface area contributed by atoms with Crippen molar-refractivity contribution in [2.75, 3.05) is 0 Å². The third-order valence-corrected chi connectivity index (χ3v) is 3.66. The monoisotopic (exact) mass is 267 g/mol. The van der Waals surface area contributed by atoms with E-state index in [1.807, 2.05) is 12.3 Å². The number of hydrogen-bond donors (Lipinski definition) is 0. The molecule has 0 aliphatic rings. The van der Waals surface area contributed by atoms with Gasteiger partial charge in [-0.25, -0.2) is 9.78 Å². The second-order valence-corrected chi connectivity index (χ2v) is 4.98. The summed E-state index contributed by atoms with van der Waals surface area (Å²) in [5.41, 5.74) is 3.41. The number of aromatic nitrogens is 3. The Labute approximate surface area is 117 Å². The van der Waals surface area contributed by atoms with Crippen LogP contribution in [0.1, 0.15) is 17.5 Å². The van der Waals surface area contributed by atoms with Crippen LogP contribution in [-0.4, -0.2) is 14.0 Å². The topological polar surface area (TPSA) is 39.3 Å². The first-order valence-corrected chi connectivity index (χ1v) is 6.83. The van der Waals surface area contributed by atoms with Gasteiger partial charge in [0.2, 0.25) is 0 Å². The minimum Gasteiger partial charge on any atom is -0.332 e. The van der Waals surface area contributed by atoms with E-state index in [1.165, 1.54) is 11.1 Å². The van der Waals surface area contributed by atoms with E-state index in [-0.39, 0.29) is 5.69 Å². The maximum atomic E-state index is 11.6. The number of fused-ring (bicyclic) bond motifs is 1. The van der Waals surface area contributed by atoms with Gasteiger partial charge in [-0.1, -0.05) is 24.3 Å². The van der Waals surface area contributed by atoms with E-state index in [9.17, 15) is 4.79 Å². The van der Waals surface area contributed by atoms with Crippen LogP contribution in [0.4, 0.5) is 0 Å². The first-order valence-electron chi connectivity index (χ1n) is 6.83. The molecule has 0 aliphatic heterocycles. The molecule has 0 bridgehead atoms. The zero-order valence-corrected chi connectivity index (χ0v) is 11.5. The van der Waals surface area contributed by atoms with Crippen LogP contribution in [0.5, 0.6) is 0 Å². The van der Waals surface area contributed by atoms with Gasteiger partial charge in [-0.15, -0.1) is 0 Å². The molecule has 2 aromatic heterocycles. The molecular formula is C16H17N3O. The number of rotatable bonds is 4. The first-order chi connectivity index (χ1) is 9.75. The molecule has 20 heavy (non-hydrogen) atoms. The van der Waals surface area contributed by atoms with Crippen LogP contribution in [0.15, 0.2) is 53.7 Å². The van der Waals surface area contributed by atoms with Crippen molar-refractivity contribution < 1.29 is 0 Å². The van der Waals surface area contributed by atoms with Gasteiger partial charge >= 0.3 is 5.69 Å². The Bertz CT molecular complexity index is 786. The van der Waals surface area contributed by atoms with E-state index in [2.05, 4.69) is 40.7 Å². The number of hydrogen-bond acceptors (Lipinski definition) is 2. The van der Waals surface area contributed by atoms with Gasteiger partial charge in [0.1, 0.15) is 5.65 Å². The van der Waals surface area contributed by atoms with E-state index in [1.54, 1.807) is 16.8 Å². The summed E-state index contributed by atoms with van der Waals surface area (Å²) in [6.07, 6.45) is 7.38. The van der Waals surface area contributed by atoms with E-state index in [0.29, 0.717) is 0 Å². The molecule has 0 N–H and O–H groups in total.